The number of nitrogens with one attached hydrogen (secondary N) is 2. The smallest absolute Gasteiger partial charge is 0.249 e. The second-order valence-electron chi connectivity index (χ2n) is 3.90. The maximum Gasteiger partial charge on any atom is 0.249 e. The van der Waals surface area contributed by atoms with Crippen LogP contribution in [0.3, 0.4) is 0 Å². The lowest BCUT2D eigenvalue weighted by molar-refractivity contribution is -0.135. The number of carbonyl (C=O) groups is 1. The van der Waals surface area contributed by atoms with E-state index in [0.717, 1.165) is 45.4 Å². The zero-order valence-electron chi connectivity index (χ0n) is 9.55. The van der Waals surface area contributed by atoms with E-state index in [4.69, 9.17) is 4.74 Å². The number of rotatable bonds is 6. The fraction of sp³-hybridized carbons (Fsp3) is 0.909. The van der Waals surface area contributed by atoms with Crippen molar-refractivity contribution in [1.82, 2.24) is 10.6 Å². The predicted molar refractivity (Wildman–Crippen MR) is 59.8 cm³/mol. The van der Waals surface area contributed by atoms with Crippen LogP contribution in [0.1, 0.15) is 32.6 Å². The molecule has 1 heterocycles. The molecule has 0 aromatic heterocycles. The molecule has 1 unspecified atom stereocenters. The van der Waals surface area contributed by atoms with Crippen molar-refractivity contribution in [2.24, 2.45) is 0 Å². The molecular weight excluding hydrogens is 192 g/mol. The van der Waals surface area contributed by atoms with E-state index in [1.54, 1.807) is 0 Å². The first-order chi connectivity index (χ1) is 7.34. The lowest BCUT2D eigenvalue weighted by Gasteiger charge is -2.21. The summed E-state index contributed by atoms with van der Waals surface area (Å²) in [5, 5.41) is 6.12. The van der Waals surface area contributed by atoms with Crippen LogP contribution in [-0.2, 0) is 9.53 Å². The summed E-state index contributed by atoms with van der Waals surface area (Å²) in [6, 6.07) is 0. The quantitative estimate of drug-likeness (QED) is 0.639. The predicted octanol–water partition coefficient (Wildman–Crippen LogP) is 0.671. The van der Waals surface area contributed by atoms with Gasteiger partial charge in [0.1, 0.15) is 6.10 Å². The summed E-state index contributed by atoms with van der Waals surface area (Å²) >= 11 is 0. The van der Waals surface area contributed by atoms with Crippen molar-refractivity contribution in [1.29, 1.82) is 0 Å². The van der Waals surface area contributed by atoms with Gasteiger partial charge in [-0.05, 0) is 32.2 Å². The van der Waals surface area contributed by atoms with E-state index >= 15 is 0 Å². The van der Waals surface area contributed by atoms with Crippen LogP contribution >= 0.6 is 0 Å². The number of ether oxygens (including phenoxy) is 1. The van der Waals surface area contributed by atoms with E-state index in [-0.39, 0.29) is 12.0 Å². The van der Waals surface area contributed by atoms with E-state index in [2.05, 4.69) is 17.6 Å². The Morgan fingerprint density at radius 1 is 1.33 bits per heavy atom. The first kappa shape index (κ1) is 12.5. The Kier molecular flexibility index (Phi) is 6.36. The fourth-order valence-electron chi connectivity index (χ4n) is 1.64. The summed E-state index contributed by atoms with van der Waals surface area (Å²) in [7, 11) is 0. The molecule has 88 valence electrons. The lowest BCUT2D eigenvalue weighted by Crippen LogP contribution is -2.41. The highest BCUT2D eigenvalue weighted by molar-refractivity contribution is 5.80. The van der Waals surface area contributed by atoms with Crippen molar-refractivity contribution in [2.45, 2.75) is 38.7 Å². The van der Waals surface area contributed by atoms with E-state index in [1.807, 2.05) is 0 Å². The van der Waals surface area contributed by atoms with E-state index in [1.165, 1.54) is 0 Å². The van der Waals surface area contributed by atoms with Crippen LogP contribution in [0.2, 0.25) is 0 Å². The molecule has 0 saturated carbocycles. The molecule has 15 heavy (non-hydrogen) atoms. The number of hydrogen-bond acceptors (Lipinski definition) is 3. The second kappa shape index (κ2) is 7.65. The van der Waals surface area contributed by atoms with Gasteiger partial charge in [-0.25, -0.2) is 0 Å². The zero-order chi connectivity index (χ0) is 10.9. The van der Waals surface area contributed by atoms with E-state index in [0.29, 0.717) is 6.54 Å². The van der Waals surface area contributed by atoms with Crippen molar-refractivity contribution in [3.05, 3.63) is 0 Å². The highest BCUT2D eigenvalue weighted by Gasteiger charge is 2.20. The van der Waals surface area contributed by atoms with Crippen LogP contribution in [0.25, 0.3) is 0 Å². The summed E-state index contributed by atoms with van der Waals surface area (Å²) < 4.78 is 5.39. The Labute approximate surface area is 91.8 Å². The van der Waals surface area contributed by atoms with Crippen molar-refractivity contribution >= 4 is 5.91 Å². The first-order valence-electron chi connectivity index (χ1n) is 5.94. The van der Waals surface area contributed by atoms with Crippen molar-refractivity contribution < 1.29 is 9.53 Å². The van der Waals surface area contributed by atoms with Gasteiger partial charge in [0.2, 0.25) is 5.91 Å². The fourth-order valence-corrected chi connectivity index (χ4v) is 1.64. The summed E-state index contributed by atoms with van der Waals surface area (Å²) in [6.45, 7) is 5.40. The molecule has 1 aliphatic rings. The molecule has 0 radical (unpaired) electrons. The molecule has 2 N–H and O–H groups in total. The van der Waals surface area contributed by atoms with Crippen LogP contribution in [0.15, 0.2) is 0 Å². The molecule has 4 heteroatoms. The Bertz CT molecular complexity index is 179. The van der Waals surface area contributed by atoms with Gasteiger partial charge in [-0.3, -0.25) is 4.79 Å². The topological polar surface area (TPSA) is 50.4 Å². The third kappa shape index (κ3) is 5.14. The minimum atomic E-state index is -0.204. The van der Waals surface area contributed by atoms with Crippen LogP contribution in [0.4, 0.5) is 0 Å². The SMILES string of the molecule is CCCNCCNC(=O)C1CCCCO1. The van der Waals surface area contributed by atoms with Gasteiger partial charge in [0.25, 0.3) is 0 Å². The molecule has 0 aromatic rings. The lowest BCUT2D eigenvalue weighted by atomic mass is 10.1. The molecule has 0 aromatic carbocycles. The molecule has 1 aliphatic heterocycles. The van der Waals surface area contributed by atoms with Gasteiger partial charge in [-0.15, -0.1) is 0 Å². The monoisotopic (exact) mass is 214 g/mol. The summed E-state index contributed by atoms with van der Waals surface area (Å²) in [6.07, 6.45) is 3.98. The van der Waals surface area contributed by atoms with Crippen molar-refractivity contribution in [3.63, 3.8) is 0 Å². The minimum Gasteiger partial charge on any atom is -0.368 e. The molecule has 1 fully saturated rings. The maximum absolute atomic E-state index is 11.6. The van der Waals surface area contributed by atoms with Gasteiger partial charge in [-0.2, -0.15) is 0 Å². The summed E-state index contributed by atoms with van der Waals surface area (Å²) in [4.78, 5) is 11.6. The van der Waals surface area contributed by atoms with Gasteiger partial charge >= 0.3 is 0 Å². The average molecular weight is 214 g/mol. The van der Waals surface area contributed by atoms with E-state index < -0.39 is 0 Å². The van der Waals surface area contributed by atoms with Gasteiger partial charge in [0.15, 0.2) is 0 Å². The third-order valence-corrected chi connectivity index (χ3v) is 2.50. The number of amides is 1. The van der Waals surface area contributed by atoms with E-state index in [9.17, 15) is 4.79 Å². The second-order valence-corrected chi connectivity index (χ2v) is 3.90. The van der Waals surface area contributed by atoms with Crippen LogP contribution in [0, 0.1) is 0 Å². The largest absolute Gasteiger partial charge is 0.368 e. The number of hydrogen-bond donors (Lipinski definition) is 2. The summed E-state index contributed by atoms with van der Waals surface area (Å²) in [5.41, 5.74) is 0. The van der Waals surface area contributed by atoms with Gasteiger partial charge < -0.3 is 15.4 Å². The highest BCUT2D eigenvalue weighted by atomic mass is 16.5. The first-order valence-corrected chi connectivity index (χ1v) is 5.94. The maximum atomic E-state index is 11.6. The zero-order valence-corrected chi connectivity index (χ0v) is 9.55. The Morgan fingerprint density at radius 2 is 2.20 bits per heavy atom. The Hall–Kier alpha value is -0.610. The van der Waals surface area contributed by atoms with Gasteiger partial charge in [0, 0.05) is 19.7 Å². The van der Waals surface area contributed by atoms with Crippen molar-refractivity contribution in [2.75, 3.05) is 26.2 Å². The Balaban J connectivity index is 2.02. The molecule has 1 saturated heterocycles. The molecule has 0 spiro atoms. The number of carbonyl (C=O) groups excluding carboxylic acids is 1. The molecule has 0 bridgehead atoms. The molecule has 1 amide bonds. The van der Waals surface area contributed by atoms with Crippen LogP contribution < -0.4 is 10.6 Å². The highest BCUT2D eigenvalue weighted by Crippen LogP contribution is 2.12. The molecule has 4 nitrogen and oxygen atoms in total. The summed E-state index contributed by atoms with van der Waals surface area (Å²) in [5.74, 6) is 0.0491. The molecular formula is C11H22N2O2. The average Bonchev–Trinajstić information content (AvgIpc) is 2.30. The van der Waals surface area contributed by atoms with Gasteiger partial charge in [-0.1, -0.05) is 6.92 Å². The molecule has 0 aliphatic carbocycles. The normalized spacial score (nSPS) is 21.3. The van der Waals surface area contributed by atoms with Crippen molar-refractivity contribution in [3.8, 4) is 0 Å². The molecule has 1 rings (SSSR count). The Morgan fingerprint density at radius 3 is 2.87 bits per heavy atom. The third-order valence-electron chi connectivity index (χ3n) is 2.50. The van der Waals surface area contributed by atoms with Gasteiger partial charge in [0.05, 0.1) is 0 Å². The molecule has 1 atom stereocenters. The minimum absolute atomic E-state index is 0.0491. The van der Waals surface area contributed by atoms with Crippen LogP contribution in [0.5, 0.6) is 0 Å². The standard InChI is InChI=1S/C11H22N2O2/c1-2-6-12-7-8-13-11(14)10-5-3-4-9-15-10/h10,12H,2-9H2,1H3,(H,13,14). The van der Waals surface area contributed by atoms with Crippen LogP contribution in [-0.4, -0.2) is 38.3 Å².